The van der Waals surface area contributed by atoms with Crippen LogP contribution in [-0.4, -0.2) is 19.8 Å². The van der Waals surface area contributed by atoms with Crippen LogP contribution in [0.1, 0.15) is 19.4 Å². The molecule has 0 heterocycles. The summed E-state index contributed by atoms with van der Waals surface area (Å²) in [7, 11) is 0. The maximum absolute atomic E-state index is 5.72. The zero-order valence-electron chi connectivity index (χ0n) is 10.3. The lowest BCUT2D eigenvalue weighted by Crippen LogP contribution is -2.10. The minimum absolute atomic E-state index is 0.568. The third-order valence-corrected chi connectivity index (χ3v) is 2.19. The van der Waals surface area contributed by atoms with Crippen molar-refractivity contribution < 1.29 is 9.47 Å². The lowest BCUT2D eigenvalue weighted by molar-refractivity contribution is 0.0819. The average molecular weight is 223 g/mol. The molecule has 0 amide bonds. The van der Waals surface area contributed by atoms with Gasteiger partial charge in [-0.2, -0.15) is 0 Å². The Morgan fingerprint density at radius 3 is 2.62 bits per heavy atom. The van der Waals surface area contributed by atoms with Crippen LogP contribution in [0.5, 0.6) is 5.75 Å². The number of nitrogens with two attached hydrogens (primary N) is 1. The van der Waals surface area contributed by atoms with Crippen molar-refractivity contribution in [2.75, 3.05) is 25.6 Å². The van der Waals surface area contributed by atoms with E-state index in [4.69, 9.17) is 15.2 Å². The van der Waals surface area contributed by atoms with Gasteiger partial charge in [0.1, 0.15) is 12.4 Å². The van der Waals surface area contributed by atoms with E-state index >= 15 is 0 Å². The molecule has 2 N–H and O–H groups in total. The summed E-state index contributed by atoms with van der Waals surface area (Å²) in [5.74, 6) is 1.42. The average Bonchev–Trinajstić information content (AvgIpc) is 2.22. The summed E-state index contributed by atoms with van der Waals surface area (Å²) in [6.07, 6.45) is 0. The van der Waals surface area contributed by atoms with Crippen LogP contribution in [0.25, 0.3) is 0 Å². The van der Waals surface area contributed by atoms with Gasteiger partial charge in [0.15, 0.2) is 0 Å². The fourth-order valence-corrected chi connectivity index (χ4v) is 1.28. The zero-order valence-corrected chi connectivity index (χ0v) is 10.3. The van der Waals surface area contributed by atoms with Gasteiger partial charge in [0, 0.05) is 12.3 Å². The molecule has 0 aromatic heterocycles. The molecule has 0 spiro atoms. The van der Waals surface area contributed by atoms with Gasteiger partial charge < -0.3 is 15.2 Å². The highest BCUT2D eigenvalue weighted by Gasteiger charge is 1.98. The van der Waals surface area contributed by atoms with E-state index in [1.54, 1.807) is 0 Å². The third-order valence-electron chi connectivity index (χ3n) is 2.19. The molecule has 0 saturated heterocycles. The molecule has 0 fully saturated rings. The summed E-state index contributed by atoms with van der Waals surface area (Å²) in [6, 6.07) is 5.68. The number of nitrogen functional groups attached to an aromatic ring is 1. The highest BCUT2D eigenvalue weighted by atomic mass is 16.5. The first-order valence-corrected chi connectivity index (χ1v) is 5.66. The van der Waals surface area contributed by atoms with Crippen molar-refractivity contribution in [3.63, 3.8) is 0 Å². The molecule has 1 aromatic rings. The predicted octanol–water partition coefficient (Wildman–Crippen LogP) is 2.63. The minimum Gasteiger partial charge on any atom is -0.491 e. The SMILES string of the molecule is Cc1cc(OCCOCC(C)C)ccc1N. The molecular weight excluding hydrogens is 202 g/mol. The van der Waals surface area contributed by atoms with Crippen molar-refractivity contribution in [3.8, 4) is 5.75 Å². The summed E-state index contributed by atoms with van der Waals surface area (Å²) in [6.45, 7) is 8.22. The zero-order chi connectivity index (χ0) is 12.0. The van der Waals surface area contributed by atoms with E-state index in [0.29, 0.717) is 19.1 Å². The highest BCUT2D eigenvalue weighted by molar-refractivity contribution is 5.49. The first-order valence-electron chi connectivity index (χ1n) is 5.66. The van der Waals surface area contributed by atoms with Crippen molar-refractivity contribution in [1.82, 2.24) is 0 Å². The van der Waals surface area contributed by atoms with Crippen molar-refractivity contribution in [2.45, 2.75) is 20.8 Å². The Bertz CT molecular complexity index is 324. The molecule has 0 aliphatic rings. The van der Waals surface area contributed by atoms with E-state index < -0.39 is 0 Å². The van der Waals surface area contributed by atoms with E-state index in [2.05, 4.69) is 13.8 Å². The van der Waals surface area contributed by atoms with Crippen LogP contribution in [0, 0.1) is 12.8 Å². The summed E-state index contributed by atoms with van der Waals surface area (Å²) in [4.78, 5) is 0. The normalized spacial score (nSPS) is 10.8. The van der Waals surface area contributed by atoms with E-state index in [-0.39, 0.29) is 0 Å². The maximum Gasteiger partial charge on any atom is 0.119 e. The van der Waals surface area contributed by atoms with Gasteiger partial charge in [-0.25, -0.2) is 0 Å². The Balaban J connectivity index is 2.24. The fraction of sp³-hybridized carbons (Fsp3) is 0.538. The molecule has 16 heavy (non-hydrogen) atoms. The fourth-order valence-electron chi connectivity index (χ4n) is 1.28. The van der Waals surface area contributed by atoms with Gasteiger partial charge in [-0.05, 0) is 36.6 Å². The molecular formula is C13H21NO2. The Morgan fingerprint density at radius 2 is 2.00 bits per heavy atom. The topological polar surface area (TPSA) is 44.5 Å². The Hall–Kier alpha value is -1.22. The van der Waals surface area contributed by atoms with Gasteiger partial charge >= 0.3 is 0 Å². The second-order valence-electron chi connectivity index (χ2n) is 4.34. The molecule has 0 aliphatic heterocycles. The van der Waals surface area contributed by atoms with Gasteiger partial charge in [-0.15, -0.1) is 0 Å². The number of ether oxygens (including phenoxy) is 2. The molecule has 0 atom stereocenters. The number of rotatable bonds is 6. The summed E-state index contributed by atoms with van der Waals surface area (Å²) in [5, 5.41) is 0. The van der Waals surface area contributed by atoms with E-state index in [0.717, 1.165) is 23.6 Å². The summed E-state index contributed by atoms with van der Waals surface area (Å²) < 4.78 is 11.0. The maximum atomic E-state index is 5.72. The van der Waals surface area contributed by atoms with Crippen LogP contribution >= 0.6 is 0 Å². The van der Waals surface area contributed by atoms with Gasteiger partial charge in [-0.3, -0.25) is 0 Å². The van der Waals surface area contributed by atoms with Crippen molar-refractivity contribution in [3.05, 3.63) is 23.8 Å². The van der Waals surface area contributed by atoms with Crippen LogP contribution in [0.4, 0.5) is 5.69 Å². The number of benzene rings is 1. The first-order chi connectivity index (χ1) is 7.59. The number of anilines is 1. The van der Waals surface area contributed by atoms with Crippen LogP contribution < -0.4 is 10.5 Å². The predicted molar refractivity (Wildman–Crippen MR) is 66.7 cm³/mol. The summed E-state index contributed by atoms with van der Waals surface area (Å²) >= 11 is 0. The molecule has 3 heteroatoms. The second-order valence-corrected chi connectivity index (χ2v) is 4.34. The second kappa shape index (κ2) is 6.38. The lowest BCUT2D eigenvalue weighted by Gasteiger charge is -2.09. The smallest absolute Gasteiger partial charge is 0.119 e. The minimum atomic E-state index is 0.568. The monoisotopic (exact) mass is 223 g/mol. The first kappa shape index (κ1) is 12.8. The molecule has 1 rings (SSSR count). The Morgan fingerprint density at radius 1 is 1.25 bits per heavy atom. The lowest BCUT2D eigenvalue weighted by atomic mass is 10.2. The standard InChI is InChI=1S/C13H21NO2/c1-10(2)9-15-6-7-16-12-4-5-13(14)11(3)8-12/h4-5,8,10H,6-7,9,14H2,1-3H3. The van der Waals surface area contributed by atoms with E-state index in [1.165, 1.54) is 0 Å². The number of hydrogen-bond donors (Lipinski definition) is 1. The number of hydrogen-bond acceptors (Lipinski definition) is 3. The molecule has 0 radical (unpaired) electrons. The molecule has 0 unspecified atom stereocenters. The van der Waals surface area contributed by atoms with Crippen LogP contribution in [0.15, 0.2) is 18.2 Å². The Kier molecular flexibility index (Phi) is 5.12. The van der Waals surface area contributed by atoms with E-state index in [9.17, 15) is 0 Å². The summed E-state index contributed by atoms with van der Waals surface area (Å²) in [5.41, 5.74) is 7.56. The molecule has 3 nitrogen and oxygen atoms in total. The third kappa shape index (κ3) is 4.53. The Labute approximate surface area is 97.6 Å². The van der Waals surface area contributed by atoms with Crippen LogP contribution in [0.2, 0.25) is 0 Å². The van der Waals surface area contributed by atoms with Gasteiger partial charge in [-0.1, -0.05) is 13.8 Å². The van der Waals surface area contributed by atoms with Crippen molar-refractivity contribution >= 4 is 5.69 Å². The molecule has 90 valence electrons. The van der Waals surface area contributed by atoms with Crippen LogP contribution in [-0.2, 0) is 4.74 Å². The van der Waals surface area contributed by atoms with Crippen molar-refractivity contribution in [2.24, 2.45) is 5.92 Å². The molecule has 0 aliphatic carbocycles. The van der Waals surface area contributed by atoms with Gasteiger partial charge in [0.2, 0.25) is 0 Å². The van der Waals surface area contributed by atoms with Crippen LogP contribution in [0.3, 0.4) is 0 Å². The quantitative estimate of drug-likeness (QED) is 0.595. The molecule has 1 aromatic carbocycles. The van der Waals surface area contributed by atoms with Gasteiger partial charge in [0.25, 0.3) is 0 Å². The molecule has 0 saturated carbocycles. The largest absolute Gasteiger partial charge is 0.491 e. The van der Waals surface area contributed by atoms with E-state index in [1.807, 2.05) is 25.1 Å². The van der Waals surface area contributed by atoms with Crippen molar-refractivity contribution in [1.29, 1.82) is 0 Å². The highest BCUT2D eigenvalue weighted by Crippen LogP contribution is 2.18. The number of aryl methyl sites for hydroxylation is 1. The molecule has 0 bridgehead atoms. The van der Waals surface area contributed by atoms with Gasteiger partial charge in [0.05, 0.1) is 6.61 Å².